The Bertz CT molecular complexity index is 864. The van der Waals surface area contributed by atoms with Gasteiger partial charge in [0.1, 0.15) is 5.56 Å². The average Bonchev–Trinajstić information content (AvgIpc) is 2.94. The molecule has 1 aliphatic heterocycles. The number of halogens is 3. The first-order valence-corrected chi connectivity index (χ1v) is 8.63. The van der Waals surface area contributed by atoms with E-state index in [4.69, 9.17) is 0 Å². The number of alkyl halides is 3. The zero-order valence-electron chi connectivity index (χ0n) is 14.7. The summed E-state index contributed by atoms with van der Waals surface area (Å²) in [4.78, 5) is 28.3. The molecule has 0 aliphatic carbocycles. The van der Waals surface area contributed by atoms with Gasteiger partial charge in [-0.1, -0.05) is 30.3 Å². The molecule has 1 aromatic carbocycles. The molecule has 1 amide bonds. The fourth-order valence-electron chi connectivity index (χ4n) is 3.32. The third kappa shape index (κ3) is 4.57. The molecule has 2 unspecified atom stereocenters. The lowest BCUT2D eigenvalue weighted by Gasteiger charge is -2.20. The summed E-state index contributed by atoms with van der Waals surface area (Å²) in [6, 6.07) is 10.4. The van der Waals surface area contributed by atoms with Crippen molar-refractivity contribution in [1.82, 2.24) is 15.2 Å². The molecular formula is C19H20F3N3O2. The zero-order chi connectivity index (χ0) is 19.6. The van der Waals surface area contributed by atoms with Crippen LogP contribution in [0.2, 0.25) is 0 Å². The van der Waals surface area contributed by atoms with Crippen molar-refractivity contribution in [2.45, 2.75) is 38.1 Å². The van der Waals surface area contributed by atoms with Crippen LogP contribution in [-0.2, 0) is 12.7 Å². The van der Waals surface area contributed by atoms with Crippen LogP contribution >= 0.6 is 0 Å². The third-order valence-corrected chi connectivity index (χ3v) is 4.74. The molecule has 1 fully saturated rings. The quantitative estimate of drug-likeness (QED) is 0.859. The van der Waals surface area contributed by atoms with Crippen molar-refractivity contribution in [3.8, 4) is 0 Å². The molecule has 2 N–H and O–H groups in total. The van der Waals surface area contributed by atoms with Crippen LogP contribution in [-0.4, -0.2) is 34.4 Å². The van der Waals surface area contributed by atoms with E-state index in [-0.39, 0.29) is 12.1 Å². The smallest absolute Gasteiger partial charge is 0.348 e. The highest BCUT2D eigenvalue weighted by Crippen LogP contribution is 2.28. The van der Waals surface area contributed by atoms with Gasteiger partial charge in [0.05, 0.1) is 5.56 Å². The van der Waals surface area contributed by atoms with Crippen LogP contribution < -0.4 is 10.9 Å². The number of carbonyl (C=O) groups excluding carboxylic acids is 1. The minimum absolute atomic E-state index is 0.204. The molecule has 3 rings (SSSR count). The number of rotatable bonds is 4. The third-order valence-electron chi connectivity index (χ3n) is 4.74. The van der Waals surface area contributed by atoms with Gasteiger partial charge >= 0.3 is 6.18 Å². The molecule has 2 atom stereocenters. The van der Waals surface area contributed by atoms with Gasteiger partial charge in [0, 0.05) is 31.4 Å². The van der Waals surface area contributed by atoms with Crippen LogP contribution in [0.4, 0.5) is 13.2 Å². The summed E-state index contributed by atoms with van der Waals surface area (Å²) in [6.07, 6.45) is -3.40. The topological polar surface area (TPSA) is 65.2 Å². The van der Waals surface area contributed by atoms with Crippen LogP contribution in [0.5, 0.6) is 0 Å². The number of benzene rings is 1. The first-order chi connectivity index (χ1) is 12.7. The summed E-state index contributed by atoms with van der Waals surface area (Å²) < 4.78 is 38.5. The Hall–Kier alpha value is -2.61. The van der Waals surface area contributed by atoms with Crippen molar-refractivity contribution in [1.29, 1.82) is 0 Å². The van der Waals surface area contributed by atoms with Crippen LogP contribution in [0, 0.1) is 0 Å². The number of hydrogen-bond donors (Lipinski definition) is 2. The van der Waals surface area contributed by atoms with E-state index < -0.39 is 28.8 Å². The molecule has 1 aromatic heterocycles. The summed E-state index contributed by atoms with van der Waals surface area (Å²) in [5.74, 6) is -0.791. The highest BCUT2D eigenvalue weighted by molar-refractivity contribution is 5.94. The van der Waals surface area contributed by atoms with E-state index in [1.54, 1.807) is 0 Å². The zero-order valence-corrected chi connectivity index (χ0v) is 14.7. The standard InChI is InChI=1S/C19H20F3N3O2/c1-12-7-15(11-25(12)10-13-5-3-2-4-6-13)24-18(27)16-8-14(19(20,21)22)9-23-17(16)26/h2-6,8-9,12,15H,7,10-11H2,1H3,(H,23,26)(H,24,27). The van der Waals surface area contributed by atoms with Crippen molar-refractivity contribution >= 4 is 5.91 Å². The molecule has 144 valence electrons. The minimum atomic E-state index is -4.63. The Kier molecular flexibility index (Phi) is 5.36. The van der Waals surface area contributed by atoms with Crippen LogP contribution in [0.25, 0.3) is 0 Å². The average molecular weight is 379 g/mol. The second kappa shape index (κ2) is 7.56. The summed E-state index contributed by atoms with van der Waals surface area (Å²) in [5, 5.41) is 2.69. The summed E-state index contributed by atoms with van der Waals surface area (Å²) in [5.41, 5.74) is -1.28. The summed E-state index contributed by atoms with van der Waals surface area (Å²) in [7, 11) is 0. The van der Waals surface area contributed by atoms with Gasteiger partial charge in [-0.15, -0.1) is 0 Å². The van der Waals surface area contributed by atoms with Gasteiger partial charge in [-0.25, -0.2) is 0 Å². The number of aromatic amines is 1. The van der Waals surface area contributed by atoms with Crippen LogP contribution in [0.15, 0.2) is 47.4 Å². The Morgan fingerprint density at radius 1 is 1.30 bits per heavy atom. The molecule has 27 heavy (non-hydrogen) atoms. The lowest BCUT2D eigenvalue weighted by molar-refractivity contribution is -0.137. The minimum Gasteiger partial charge on any atom is -0.348 e. The molecule has 0 radical (unpaired) electrons. The second-order valence-electron chi connectivity index (χ2n) is 6.80. The molecule has 1 saturated heterocycles. The van der Waals surface area contributed by atoms with E-state index in [9.17, 15) is 22.8 Å². The number of pyridine rings is 1. The second-order valence-corrected chi connectivity index (χ2v) is 6.80. The van der Waals surface area contributed by atoms with Gasteiger partial charge in [0.25, 0.3) is 11.5 Å². The van der Waals surface area contributed by atoms with Gasteiger partial charge in [-0.05, 0) is 25.0 Å². The number of H-pyrrole nitrogens is 1. The Morgan fingerprint density at radius 2 is 2.00 bits per heavy atom. The Morgan fingerprint density at radius 3 is 2.67 bits per heavy atom. The number of carbonyl (C=O) groups is 1. The number of nitrogens with one attached hydrogen (secondary N) is 2. The fraction of sp³-hybridized carbons (Fsp3) is 0.368. The van der Waals surface area contributed by atoms with Crippen molar-refractivity contribution in [2.75, 3.05) is 6.54 Å². The van der Waals surface area contributed by atoms with Crippen LogP contribution in [0.1, 0.15) is 34.8 Å². The van der Waals surface area contributed by atoms with Crippen molar-refractivity contribution in [3.05, 3.63) is 69.6 Å². The van der Waals surface area contributed by atoms with Gasteiger partial charge in [-0.2, -0.15) is 13.2 Å². The lowest BCUT2D eigenvalue weighted by atomic mass is 10.1. The molecule has 1 aliphatic rings. The summed E-state index contributed by atoms with van der Waals surface area (Å²) in [6.45, 7) is 3.32. The normalized spacial score (nSPS) is 20.6. The predicted octanol–water partition coefficient (Wildman–Crippen LogP) is 2.79. The van der Waals surface area contributed by atoms with Crippen molar-refractivity contribution in [2.24, 2.45) is 0 Å². The molecule has 5 nitrogen and oxygen atoms in total. The maximum Gasteiger partial charge on any atom is 0.417 e. The first-order valence-electron chi connectivity index (χ1n) is 8.63. The number of amides is 1. The van der Waals surface area contributed by atoms with E-state index in [2.05, 4.69) is 10.2 Å². The van der Waals surface area contributed by atoms with Gasteiger partial charge < -0.3 is 10.3 Å². The largest absolute Gasteiger partial charge is 0.417 e. The van der Waals surface area contributed by atoms with Crippen molar-refractivity contribution < 1.29 is 18.0 Å². The number of hydrogen-bond acceptors (Lipinski definition) is 3. The van der Waals surface area contributed by atoms with E-state index in [1.165, 1.54) is 0 Å². The monoisotopic (exact) mass is 379 g/mol. The van der Waals surface area contributed by atoms with Gasteiger partial charge in [-0.3, -0.25) is 14.5 Å². The molecule has 2 heterocycles. The maximum absolute atomic E-state index is 12.8. The first kappa shape index (κ1) is 19.2. The SMILES string of the molecule is CC1CC(NC(=O)c2cc(C(F)(F)F)c[nH]c2=O)CN1Cc1ccccc1. The Labute approximate surface area is 154 Å². The molecule has 0 bridgehead atoms. The number of likely N-dealkylation sites (tertiary alicyclic amines) is 1. The maximum atomic E-state index is 12.8. The van der Waals surface area contributed by atoms with Crippen LogP contribution in [0.3, 0.4) is 0 Å². The fourth-order valence-corrected chi connectivity index (χ4v) is 3.32. The highest BCUT2D eigenvalue weighted by atomic mass is 19.4. The number of nitrogens with zero attached hydrogens (tertiary/aromatic N) is 1. The van der Waals surface area contributed by atoms with Gasteiger partial charge in [0.15, 0.2) is 0 Å². The van der Waals surface area contributed by atoms with E-state index in [1.807, 2.05) is 42.2 Å². The lowest BCUT2D eigenvalue weighted by Crippen LogP contribution is -2.39. The van der Waals surface area contributed by atoms with Crippen molar-refractivity contribution in [3.63, 3.8) is 0 Å². The molecule has 8 heteroatoms. The molecule has 0 saturated carbocycles. The highest BCUT2D eigenvalue weighted by Gasteiger charge is 2.33. The summed E-state index contributed by atoms with van der Waals surface area (Å²) >= 11 is 0. The van der Waals surface area contributed by atoms with E-state index >= 15 is 0 Å². The predicted molar refractivity (Wildman–Crippen MR) is 94.2 cm³/mol. The van der Waals surface area contributed by atoms with Gasteiger partial charge in [0.2, 0.25) is 0 Å². The molecular weight excluding hydrogens is 359 g/mol. The molecule has 0 spiro atoms. The molecule has 2 aromatic rings. The number of aromatic nitrogens is 1. The van der Waals surface area contributed by atoms with E-state index in [0.29, 0.717) is 25.2 Å². The van der Waals surface area contributed by atoms with E-state index in [0.717, 1.165) is 12.1 Å². The Balaban J connectivity index is 1.67.